The second-order valence-corrected chi connectivity index (χ2v) is 10.1. The summed E-state index contributed by atoms with van der Waals surface area (Å²) in [5.74, 6) is -0.485. The van der Waals surface area contributed by atoms with Gasteiger partial charge < -0.3 is 9.80 Å². The zero-order valence-electron chi connectivity index (χ0n) is 22.7. The van der Waals surface area contributed by atoms with Crippen molar-refractivity contribution in [3.05, 3.63) is 157 Å². The Morgan fingerprint density at radius 3 is 1.22 bits per heavy atom. The van der Waals surface area contributed by atoms with Crippen LogP contribution in [0.2, 0.25) is 0 Å². The van der Waals surface area contributed by atoms with Crippen LogP contribution in [0.3, 0.4) is 0 Å². The summed E-state index contributed by atoms with van der Waals surface area (Å²) in [6, 6.07) is 47.8. The van der Waals surface area contributed by atoms with Gasteiger partial charge in [0.25, 0.3) is 0 Å². The van der Waals surface area contributed by atoms with Gasteiger partial charge in [-0.3, -0.25) is 9.59 Å². The van der Waals surface area contributed by atoms with E-state index in [4.69, 9.17) is 0 Å². The van der Waals surface area contributed by atoms with Crippen molar-refractivity contribution in [3.8, 4) is 0 Å². The molecule has 41 heavy (non-hydrogen) atoms. The Labute approximate surface area is 240 Å². The van der Waals surface area contributed by atoms with E-state index >= 15 is 0 Å². The quantitative estimate of drug-likeness (QED) is 0.185. The molecule has 0 aliphatic rings. The predicted molar refractivity (Wildman–Crippen MR) is 168 cm³/mol. The maximum atomic E-state index is 14.0. The number of nitrogens with zero attached hydrogens (tertiary/aromatic N) is 2. The number of hydrogen-bond donors (Lipinski definition) is 0. The monoisotopic (exact) mass is 534 g/mol. The highest BCUT2D eigenvalue weighted by Gasteiger charge is 2.25. The van der Waals surface area contributed by atoms with Gasteiger partial charge >= 0.3 is 0 Å². The van der Waals surface area contributed by atoms with Crippen LogP contribution in [-0.2, 0) is 22.7 Å². The van der Waals surface area contributed by atoms with Crippen molar-refractivity contribution in [2.24, 2.45) is 0 Å². The second-order valence-electron chi connectivity index (χ2n) is 10.1. The van der Waals surface area contributed by atoms with Gasteiger partial charge in [-0.1, -0.05) is 121 Å². The Hall–Kier alpha value is -5.22. The first-order valence-electron chi connectivity index (χ1n) is 13.8. The van der Waals surface area contributed by atoms with Crippen LogP contribution in [0.1, 0.15) is 17.5 Å². The average molecular weight is 535 g/mol. The van der Waals surface area contributed by atoms with Crippen molar-refractivity contribution in [1.29, 1.82) is 0 Å². The Morgan fingerprint density at radius 2 is 0.780 bits per heavy atom. The van der Waals surface area contributed by atoms with E-state index in [9.17, 15) is 9.59 Å². The largest absolute Gasteiger partial charge is 0.308 e. The molecule has 6 aromatic rings. The Morgan fingerprint density at radius 1 is 0.415 bits per heavy atom. The number of carbonyl (C=O) groups excluding carboxylic acids is 2. The van der Waals surface area contributed by atoms with Crippen molar-refractivity contribution in [2.45, 2.75) is 19.5 Å². The molecule has 4 heteroatoms. The van der Waals surface area contributed by atoms with E-state index in [-0.39, 0.29) is 18.2 Å². The molecule has 200 valence electrons. The number of carbonyl (C=O) groups is 2. The Bertz CT molecular complexity index is 1670. The molecule has 0 bridgehead atoms. The summed E-state index contributed by atoms with van der Waals surface area (Å²) >= 11 is 0. The summed E-state index contributed by atoms with van der Waals surface area (Å²) < 4.78 is 0. The van der Waals surface area contributed by atoms with Crippen molar-refractivity contribution in [2.75, 3.05) is 9.80 Å². The van der Waals surface area contributed by atoms with Crippen LogP contribution >= 0.6 is 0 Å². The SMILES string of the molecule is O=C(CC(=O)N(Cc1cccc2ccccc12)c1ccccc1)N(Cc1cccc2ccccc12)c1ccccc1. The number of benzene rings is 6. The van der Waals surface area contributed by atoms with Gasteiger partial charge in [-0.25, -0.2) is 0 Å². The third-order valence-corrected chi connectivity index (χ3v) is 7.46. The molecule has 4 nitrogen and oxygen atoms in total. The molecule has 0 spiro atoms. The molecule has 0 saturated heterocycles. The molecule has 0 aliphatic carbocycles. The zero-order chi connectivity index (χ0) is 28.0. The number of rotatable bonds is 8. The van der Waals surface area contributed by atoms with Gasteiger partial charge in [-0.05, 0) is 56.9 Å². The first-order chi connectivity index (χ1) is 20.2. The van der Waals surface area contributed by atoms with E-state index < -0.39 is 0 Å². The summed E-state index contributed by atoms with van der Waals surface area (Å²) in [5.41, 5.74) is 3.59. The normalized spacial score (nSPS) is 10.9. The van der Waals surface area contributed by atoms with Crippen molar-refractivity contribution >= 4 is 44.7 Å². The molecule has 0 saturated carbocycles. The first-order valence-corrected chi connectivity index (χ1v) is 13.8. The Balaban J connectivity index is 1.32. The Kier molecular flexibility index (Phi) is 7.55. The van der Waals surface area contributed by atoms with Crippen LogP contribution in [0.4, 0.5) is 11.4 Å². The standard InChI is InChI=1S/C37H30N2O2/c40-36(38(32-19-3-1-4-20-32)26-30-17-11-15-28-13-7-9-23-34(28)30)25-37(41)39(33-21-5-2-6-22-33)27-31-18-12-16-29-14-8-10-24-35(29)31/h1-24H,25-27H2. The van der Waals surface area contributed by atoms with Gasteiger partial charge in [0.1, 0.15) is 6.42 Å². The molecular weight excluding hydrogens is 504 g/mol. The van der Waals surface area contributed by atoms with Gasteiger partial charge in [0.15, 0.2) is 0 Å². The third-order valence-electron chi connectivity index (χ3n) is 7.46. The molecule has 6 rings (SSSR count). The van der Waals surface area contributed by atoms with Gasteiger partial charge in [0, 0.05) is 11.4 Å². The molecule has 0 unspecified atom stereocenters. The molecule has 0 aliphatic heterocycles. The van der Waals surface area contributed by atoms with Crippen molar-refractivity contribution in [3.63, 3.8) is 0 Å². The minimum absolute atomic E-state index is 0.243. The summed E-state index contributed by atoms with van der Waals surface area (Å²) in [6.45, 7) is 0.734. The molecule has 6 aromatic carbocycles. The fraction of sp³-hybridized carbons (Fsp3) is 0.0811. The maximum Gasteiger partial charge on any atom is 0.236 e. The van der Waals surface area contributed by atoms with Crippen molar-refractivity contribution < 1.29 is 9.59 Å². The summed E-state index contributed by atoms with van der Waals surface area (Å²) in [6.07, 6.45) is -0.251. The number of fused-ring (bicyclic) bond motifs is 2. The lowest BCUT2D eigenvalue weighted by Crippen LogP contribution is -2.38. The van der Waals surface area contributed by atoms with E-state index in [1.54, 1.807) is 9.80 Å². The predicted octanol–water partition coefficient (Wildman–Crippen LogP) is 8.15. The molecular formula is C37H30N2O2. The van der Waals surface area contributed by atoms with E-state index in [0.717, 1.165) is 44.0 Å². The molecule has 0 N–H and O–H groups in total. The smallest absolute Gasteiger partial charge is 0.236 e. The number of anilines is 2. The number of amides is 2. The van der Waals surface area contributed by atoms with E-state index in [1.807, 2.05) is 109 Å². The fourth-order valence-electron chi connectivity index (χ4n) is 5.38. The van der Waals surface area contributed by atoms with Crippen LogP contribution in [-0.4, -0.2) is 11.8 Å². The van der Waals surface area contributed by atoms with Gasteiger partial charge in [-0.15, -0.1) is 0 Å². The zero-order valence-corrected chi connectivity index (χ0v) is 22.7. The van der Waals surface area contributed by atoms with E-state index in [1.165, 1.54) is 0 Å². The average Bonchev–Trinajstić information content (AvgIpc) is 3.03. The van der Waals surface area contributed by atoms with Gasteiger partial charge in [-0.2, -0.15) is 0 Å². The minimum atomic E-state index is -0.251. The summed E-state index contributed by atoms with van der Waals surface area (Å²) in [4.78, 5) is 31.4. The van der Waals surface area contributed by atoms with Crippen LogP contribution in [0, 0.1) is 0 Å². The maximum absolute atomic E-state index is 14.0. The molecule has 0 atom stereocenters. The lowest BCUT2D eigenvalue weighted by molar-refractivity contribution is -0.126. The van der Waals surface area contributed by atoms with Crippen LogP contribution < -0.4 is 9.80 Å². The molecule has 0 heterocycles. The summed E-state index contributed by atoms with van der Waals surface area (Å²) in [5, 5.41) is 4.42. The number of para-hydroxylation sites is 2. The highest BCUT2D eigenvalue weighted by atomic mass is 16.2. The van der Waals surface area contributed by atoms with E-state index in [2.05, 4.69) is 36.4 Å². The van der Waals surface area contributed by atoms with Crippen LogP contribution in [0.25, 0.3) is 21.5 Å². The first kappa shape index (κ1) is 26.0. The molecule has 0 fully saturated rings. The fourth-order valence-corrected chi connectivity index (χ4v) is 5.38. The van der Waals surface area contributed by atoms with Crippen molar-refractivity contribution in [1.82, 2.24) is 0 Å². The topological polar surface area (TPSA) is 40.6 Å². The number of hydrogen-bond acceptors (Lipinski definition) is 2. The lowest BCUT2D eigenvalue weighted by atomic mass is 10.0. The van der Waals surface area contributed by atoms with Crippen LogP contribution in [0.15, 0.2) is 146 Å². The second kappa shape index (κ2) is 11.9. The molecule has 2 amide bonds. The lowest BCUT2D eigenvalue weighted by Gasteiger charge is -2.27. The van der Waals surface area contributed by atoms with Gasteiger partial charge in [0.05, 0.1) is 13.1 Å². The highest BCUT2D eigenvalue weighted by molar-refractivity contribution is 6.10. The summed E-state index contributed by atoms with van der Waals surface area (Å²) in [7, 11) is 0. The van der Waals surface area contributed by atoms with Crippen LogP contribution in [0.5, 0.6) is 0 Å². The molecule has 0 aromatic heterocycles. The molecule has 0 radical (unpaired) electrons. The third kappa shape index (κ3) is 5.73. The highest BCUT2D eigenvalue weighted by Crippen LogP contribution is 2.26. The van der Waals surface area contributed by atoms with Gasteiger partial charge in [0.2, 0.25) is 11.8 Å². The van der Waals surface area contributed by atoms with E-state index in [0.29, 0.717) is 13.1 Å². The minimum Gasteiger partial charge on any atom is -0.308 e.